The lowest BCUT2D eigenvalue weighted by Crippen LogP contribution is -2.43. The lowest BCUT2D eigenvalue weighted by Gasteiger charge is -2.32. The summed E-state index contributed by atoms with van der Waals surface area (Å²) < 4.78 is 2.04. The molecule has 146 valence electrons. The fourth-order valence-corrected chi connectivity index (χ4v) is 3.77. The first-order chi connectivity index (χ1) is 12.6. The zero-order valence-corrected chi connectivity index (χ0v) is 17.1. The van der Waals surface area contributed by atoms with Gasteiger partial charge in [-0.1, -0.05) is 26.0 Å². The van der Waals surface area contributed by atoms with Gasteiger partial charge in [-0.3, -0.25) is 9.59 Å². The average Bonchev–Trinajstić information content (AvgIpc) is 3.13. The van der Waals surface area contributed by atoms with E-state index in [1.807, 2.05) is 56.7 Å². The highest BCUT2D eigenvalue weighted by molar-refractivity contribution is 5.89. The van der Waals surface area contributed by atoms with Crippen molar-refractivity contribution in [1.29, 1.82) is 0 Å². The number of benzene rings is 1. The van der Waals surface area contributed by atoms with Crippen LogP contribution in [0.25, 0.3) is 11.0 Å². The Morgan fingerprint density at radius 2 is 1.93 bits per heavy atom. The number of carbonyl (C=O) groups is 2. The number of fused-ring (bicyclic) bond motifs is 1. The number of aromatic nitrogens is 2. The predicted octanol–water partition coefficient (Wildman–Crippen LogP) is 3.03. The number of rotatable bonds is 4. The Bertz CT molecular complexity index is 863. The van der Waals surface area contributed by atoms with E-state index in [1.54, 1.807) is 4.90 Å². The number of nitrogens with one attached hydrogen (secondary N) is 1. The van der Waals surface area contributed by atoms with Crippen molar-refractivity contribution in [2.75, 3.05) is 6.54 Å². The van der Waals surface area contributed by atoms with Crippen LogP contribution in [0.2, 0.25) is 0 Å². The summed E-state index contributed by atoms with van der Waals surface area (Å²) in [6.45, 7) is 10.6. The van der Waals surface area contributed by atoms with E-state index in [2.05, 4.69) is 19.2 Å². The molecule has 2 amide bonds. The van der Waals surface area contributed by atoms with Gasteiger partial charge in [0.05, 0.1) is 23.0 Å². The molecule has 0 unspecified atom stereocenters. The summed E-state index contributed by atoms with van der Waals surface area (Å²) >= 11 is 0. The molecule has 1 aliphatic rings. The van der Waals surface area contributed by atoms with Crippen molar-refractivity contribution in [3.8, 4) is 0 Å². The maximum atomic E-state index is 13.0. The minimum atomic E-state index is -0.312. The van der Waals surface area contributed by atoms with Gasteiger partial charge in [0.2, 0.25) is 11.8 Å². The van der Waals surface area contributed by atoms with E-state index in [-0.39, 0.29) is 41.7 Å². The fraction of sp³-hybridized carbons (Fsp3) is 0.571. The third-order valence-electron chi connectivity index (χ3n) is 5.37. The Morgan fingerprint density at radius 3 is 2.48 bits per heavy atom. The summed E-state index contributed by atoms with van der Waals surface area (Å²) in [5.74, 6) is 0.692. The van der Waals surface area contributed by atoms with E-state index in [1.165, 1.54) is 0 Å². The minimum absolute atomic E-state index is 0.0477. The molecule has 1 aliphatic heterocycles. The Hall–Kier alpha value is -2.37. The topological polar surface area (TPSA) is 67.2 Å². The number of aryl methyl sites for hydroxylation is 1. The highest BCUT2D eigenvalue weighted by atomic mass is 16.2. The predicted molar refractivity (Wildman–Crippen MR) is 106 cm³/mol. The van der Waals surface area contributed by atoms with E-state index in [4.69, 9.17) is 4.98 Å². The molecule has 1 aromatic heterocycles. The molecule has 3 rings (SSSR count). The monoisotopic (exact) mass is 370 g/mol. The Balaban J connectivity index is 1.82. The first-order valence-corrected chi connectivity index (χ1v) is 9.61. The van der Waals surface area contributed by atoms with Crippen LogP contribution in [-0.4, -0.2) is 38.3 Å². The molecule has 1 aromatic carbocycles. The molecule has 0 aliphatic carbocycles. The molecular weight excluding hydrogens is 340 g/mol. The summed E-state index contributed by atoms with van der Waals surface area (Å²) in [5.41, 5.74) is 1.70. The van der Waals surface area contributed by atoms with Crippen LogP contribution in [0.3, 0.4) is 0 Å². The van der Waals surface area contributed by atoms with Gasteiger partial charge in [0.1, 0.15) is 5.82 Å². The smallest absolute Gasteiger partial charge is 0.226 e. The van der Waals surface area contributed by atoms with Crippen LogP contribution in [0, 0.1) is 11.8 Å². The SMILES string of the molecule is CC(C)[C@@H](NC(=O)[C@H]1CC(=O)N(C(C)(C)C)C1)c1nc2ccccc2n1C. The van der Waals surface area contributed by atoms with Crippen LogP contribution in [0.1, 0.15) is 52.9 Å². The van der Waals surface area contributed by atoms with E-state index < -0.39 is 0 Å². The molecule has 6 heteroatoms. The van der Waals surface area contributed by atoms with Crippen molar-refractivity contribution >= 4 is 22.8 Å². The normalized spacial score (nSPS) is 19.1. The molecule has 0 saturated carbocycles. The van der Waals surface area contributed by atoms with Crippen molar-refractivity contribution in [2.45, 2.75) is 52.6 Å². The summed E-state index contributed by atoms with van der Waals surface area (Å²) in [4.78, 5) is 31.8. The summed E-state index contributed by atoms with van der Waals surface area (Å²) in [6, 6.07) is 7.76. The Labute approximate surface area is 160 Å². The second-order valence-corrected chi connectivity index (χ2v) is 8.82. The molecule has 1 saturated heterocycles. The quantitative estimate of drug-likeness (QED) is 0.899. The Morgan fingerprint density at radius 1 is 1.26 bits per heavy atom. The van der Waals surface area contributed by atoms with Crippen LogP contribution in [-0.2, 0) is 16.6 Å². The first-order valence-electron chi connectivity index (χ1n) is 9.61. The lowest BCUT2D eigenvalue weighted by molar-refractivity contribution is -0.132. The van der Waals surface area contributed by atoms with Gasteiger partial charge in [0.15, 0.2) is 0 Å². The minimum Gasteiger partial charge on any atom is -0.346 e. The third kappa shape index (κ3) is 3.70. The average molecular weight is 370 g/mol. The van der Waals surface area contributed by atoms with E-state index in [0.717, 1.165) is 16.9 Å². The molecular formula is C21H30N4O2. The zero-order chi connectivity index (χ0) is 19.9. The number of amides is 2. The highest BCUT2D eigenvalue weighted by Gasteiger charge is 2.40. The molecule has 2 atom stereocenters. The maximum Gasteiger partial charge on any atom is 0.226 e. The molecule has 2 aromatic rings. The standard InChI is InChI=1S/C21H30N4O2/c1-13(2)18(19-22-15-9-7-8-10-16(15)24(19)6)23-20(27)14-11-17(26)25(12-14)21(3,4)5/h7-10,13-14,18H,11-12H2,1-6H3,(H,23,27)/t14-,18+/m0/s1. The number of nitrogens with zero attached hydrogens (tertiary/aromatic N) is 3. The third-order valence-corrected chi connectivity index (χ3v) is 5.37. The summed E-state index contributed by atoms with van der Waals surface area (Å²) in [7, 11) is 1.98. The molecule has 0 bridgehead atoms. The second-order valence-electron chi connectivity index (χ2n) is 8.82. The van der Waals surface area contributed by atoms with E-state index in [9.17, 15) is 9.59 Å². The fourth-order valence-electron chi connectivity index (χ4n) is 3.77. The molecule has 6 nitrogen and oxygen atoms in total. The highest BCUT2D eigenvalue weighted by Crippen LogP contribution is 2.29. The first kappa shape index (κ1) is 19.4. The van der Waals surface area contributed by atoms with Crippen molar-refractivity contribution in [3.63, 3.8) is 0 Å². The van der Waals surface area contributed by atoms with E-state index in [0.29, 0.717) is 6.54 Å². The van der Waals surface area contributed by atoms with Crippen molar-refractivity contribution < 1.29 is 9.59 Å². The maximum absolute atomic E-state index is 13.0. The van der Waals surface area contributed by atoms with Gasteiger partial charge >= 0.3 is 0 Å². The van der Waals surface area contributed by atoms with Gasteiger partial charge in [-0.25, -0.2) is 4.98 Å². The van der Waals surface area contributed by atoms with Gasteiger partial charge in [-0.05, 0) is 38.8 Å². The number of imidazole rings is 1. The van der Waals surface area contributed by atoms with Gasteiger partial charge < -0.3 is 14.8 Å². The van der Waals surface area contributed by atoms with E-state index >= 15 is 0 Å². The second kappa shape index (κ2) is 6.98. The summed E-state index contributed by atoms with van der Waals surface area (Å²) in [5, 5.41) is 3.17. The van der Waals surface area contributed by atoms with Gasteiger partial charge in [-0.15, -0.1) is 0 Å². The van der Waals surface area contributed by atoms with Crippen molar-refractivity contribution in [3.05, 3.63) is 30.1 Å². The van der Waals surface area contributed by atoms with Gasteiger partial charge in [0.25, 0.3) is 0 Å². The number of likely N-dealkylation sites (tertiary alicyclic amines) is 1. The molecule has 2 heterocycles. The van der Waals surface area contributed by atoms with Crippen LogP contribution < -0.4 is 5.32 Å². The zero-order valence-electron chi connectivity index (χ0n) is 17.1. The molecule has 0 radical (unpaired) electrons. The Kier molecular flexibility index (Phi) is 5.02. The molecule has 1 N–H and O–H groups in total. The molecule has 1 fully saturated rings. The number of hydrogen-bond acceptors (Lipinski definition) is 3. The van der Waals surface area contributed by atoms with Crippen molar-refractivity contribution in [1.82, 2.24) is 19.8 Å². The van der Waals surface area contributed by atoms with Crippen LogP contribution >= 0.6 is 0 Å². The van der Waals surface area contributed by atoms with Crippen LogP contribution in [0.5, 0.6) is 0 Å². The number of carbonyl (C=O) groups excluding carboxylic acids is 2. The number of para-hydroxylation sites is 2. The lowest BCUT2D eigenvalue weighted by atomic mass is 10.0. The molecule has 0 spiro atoms. The van der Waals surface area contributed by atoms with Crippen LogP contribution in [0.4, 0.5) is 0 Å². The van der Waals surface area contributed by atoms with Gasteiger partial charge in [-0.2, -0.15) is 0 Å². The summed E-state index contributed by atoms with van der Waals surface area (Å²) in [6.07, 6.45) is 0.274. The number of hydrogen-bond donors (Lipinski definition) is 1. The van der Waals surface area contributed by atoms with Gasteiger partial charge in [0, 0.05) is 25.6 Å². The van der Waals surface area contributed by atoms with Crippen molar-refractivity contribution in [2.24, 2.45) is 18.9 Å². The largest absolute Gasteiger partial charge is 0.346 e. The van der Waals surface area contributed by atoms with Crippen LogP contribution in [0.15, 0.2) is 24.3 Å². The molecule has 27 heavy (non-hydrogen) atoms.